The molecular formula is C11H23ClN2O2. The van der Waals surface area contributed by atoms with Gasteiger partial charge in [0.05, 0.1) is 12.0 Å². The van der Waals surface area contributed by atoms with Gasteiger partial charge in [-0.05, 0) is 5.92 Å². The Labute approximate surface area is 104 Å². The van der Waals surface area contributed by atoms with Crippen molar-refractivity contribution in [3.8, 4) is 0 Å². The van der Waals surface area contributed by atoms with Crippen LogP contribution in [0.3, 0.4) is 0 Å². The first kappa shape index (κ1) is 15.7. The quantitative estimate of drug-likeness (QED) is 0.645. The third-order valence-corrected chi connectivity index (χ3v) is 3.23. The average Bonchev–Trinajstić information content (AvgIpc) is 2.14. The maximum atomic E-state index is 11.5. The number of amides is 1. The first-order chi connectivity index (χ1) is 7.19. The molecule has 5 heteroatoms. The highest BCUT2D eigenvalue weighted by molar-refractivity contribution is 5.85. The van der Waals surface area contributed by atoms with Gasteiger partial charge in [-0.15, -0.1) is 12.4 Å². The molecule has 1 amide bonds. The number of carbonyl (C=O) groups is 1. The molecular weight excluding hydrogens is 228 g/mol. The molecule has 0 saturated carbocycles. The van der Waals surface area contributed by atoms with E-state index in [9.17, 15) is 9.90 Å². The average molecular weight is 251 g/mol. The van der Waals surface area contributed by atoms with E-state index in [0.717, 1.165) is 25.9 Å². The SMILES string of the molecule is CCC(CC)C(O)CNC(=O)C1CNC1.Cl. The maximum absolute atomic E-state index is 11.5. The fraction of sp³-hybridized carbons (Fsp3) is 0.909. The Kier molecular flexibility index (Phi) is 7.72. The Hall–Kier alpha value is -0.320. The van der Waals surface area contributed by atoms with E-state index in [1.807, 2.05) is 0 Å². The minimum atomic E-state index is -0.406. The maximum Gasteiger partial charge on any atom is 0.225 e. The zero-order valence-corrected chi connectivity index (χ0v) is 10.8. The number of carbonyl (C=O) groups excluding carboxylic acids is 1. The zero-order valence-electron chi connectivity index (χ0n) is 10.0. The summed E-state index contributed by atoms with van der Waals surface area (Å²) in [5, 5.41) is 15.7. The number of nitrogens with one attached hydrogen (secondary N) is 2. The summed E-state index contributed by atoms with van der Waals surface area (Å²) in [6.45, 7) is 6.06. The molecule has 0 aliphatic carbocycles. The van der Waals surface area contributed by atoms with Gasteiger partial charge in [-0.1, -0.05) is 26.7 Å². The molecule has 16 heavy (non-hydrogen) atoms. The molecule has 0 radical (unpaired) electrons. The van der Waals surface area contributed by atoms with Crippen LogP contribution in [0, 0.1) is 11.8 Å². The van der Waals surface area contributed by atoms with E-state index in [-0.39, 0.29) is 24.2 Å². The standard InChI is InChI=1S/C11H22N2O2.ClH/c1-3-8(4-2)10(14)7-13-11(15)9-5-12-6-9;/h8-10,12,14H,3-7H2,1-2H3,(H,13,15);1H. The first-order valence-corrected chi connectivity index (χ1v) is 5.85. The lowest BCUT2D eigenvalue weighted by Crippen LogP contribution is -2.52. The highest BCUT2D eigenvalue weighted by Gasteiger charge is 2.25. The van der Waals surface area contributed by atoms with Crippen molar-refractivity contribution in [2.45, 2.75) is 32.8 Å². The van der Waals surface area contributed by atoms with E-state index in [1.54, 1.807) is 0 Å². The highest BCUT2D eigenvalue weighted by Crippen LogP contribution is 2.12. The van der Waals surface area contributed by atoms with Crippen LogP contribution in [0.5, 0.6) is 0 Å². The fourth-order valence-corrected chi connectivity index (χ4v) is 1.82. The van der Waals surface area contributed by atoms with Gasteiger partial charge in [0.25, 0.3) is 0 Å². The minimum absolute atomic E-state index is 0. The largest absolute Gasteiger partial charge is 0.391 e. The summed E-state index contributed by atoms with van der Waals surface area (Å²) in [4.78, 5) is 11.5. The van der Waals surface area contributed by atoms with Crippen molar-refractivity contribution < 1.29 is 9.90 Å². The molecule has 0 aromatic rings. The number of halogens is 1. The van der Waals surface area contributed by atoms with Crippen LogP contribution >= 0.6 is 12.4 Å². The molecule has 96 valence electrons. The van der Waals surface area contributed by atoms with E-state index in [0.29, 0.717) is 12.5 Å². The van der Waals surface area contributed by atoms with Crippen LogP contribution < -0.4 is 10.6 Å². The third kappa shape index (κ3) is 4.28. The minimum Gasteiger partial charge on any atom is -0.391 e. The Bertz CT molecular complexity index is 206. The Morgan fingerprint density at radius 2 is 2.00 bits per heavy atom. The summed E-state index contributed by atoms with van der Waals surface area (Å²) < 4.78 is 0. The molecule has 0 aromatic heterocycles. The molecule has 1 atom stereocenters. The van der Waals surface area contributed by atoms with Crippen LogP contribution in [0.25, 0.3) is 0 Å². The Morgan fingerprint density at radius 1 is 1.44 bits per heavy atom. The second-order valence-electron chi connectivity index (χ2n) is 4.24. The summed E-state index contributed by atoms with van der Waals surface area (Å²) in [6.07, 6.45) is 1.51. The predicted molar refractivity (Wildman–Crippen MR) is 66.7 cm³/mol. The topological polar surface area (TPSA) is 61.4 Å². The fourth-order valence-electron chi connectivity index (χ4n) is 1.82. The van der Waals surface area contributed by atoms with Crippen LogP contribution in [-0.2, 0) is 4.79 Å². The molecule has 1 rings (SSSR count). The van der Waals surface area contributed by atoms with Gasteiger partial charge in [-0.25, -0.2) is 0 Å². The van der Waals surface area contributed by atoms with E-state index in [1.165, 1.54) is 0 Å². The zero-order chi connectivity index (χ0) is 11.3. The van der Waals surface area contributed by atoms with Gasteiger partial charge in [0.1, 0.15) is 0 Å². The van der Waals surface area contributed by atoms with Gasteiger partial charge in [0.2, 0.25) is 5.91 Å². The highest BCUT2D eigenvalue weighted by atomic mass is 35.5. The summed E-state index contributed by atoms with van der Waals surface area (Å²) in [6, 6.07) is 0. The van der Waals surface area contributed by atoms with Gasteiger partial charge in [-0.3, -0.25) is 4.79 Å². The number of rotatable bonds is 6. The lowest BCUT2D eigenvalue weighted by Gasteiger charge is -2.27. The van der Waals surface area contributed by atoms with Gasteiger partial charge < -0.3 is 15.7 Å². The Balaban J connectivity index is 0.00000225. The monoisotopic (exact) mass is 250 g/mol. The molecule has 1 unspecified atom stereocenters. The third-order valence-electron chi connectivity index (χ3n) is 3.23. The van der Waals surface area contributed by atoms with Crippen molar-refractivity contribution in [2.24, 2.45) is 11.8 Å². The number of hydrogen-bond acceptors (Lipinski definition) is 3. The van der Waals surface area contributed by atoms with Crippen molar-refractivity contribution in [1.29, 1.82) is 0 Å². The van der Waals surface area contributed by atoms with Crippen molar-refractivity contribution in [2.75, 3.05) is 19.6 Å². The van der Waals surface area contributed by atoms with Crippen molar-refractivity contribution in [3.05, 3.63) is 0 Å². The van der Waals surface area contributed by atoms with Gasteiger partial charge in [0, 0.05) is 19.6 Å². The lowest BCUT2D eigenvalue weighted by molar-refractivity contribution is -0.127. The van der Waals surface area contributed by atoms with E-state index in [2.05, 4.69) is 24.5 Å². The van der Waals surface area contributed by atoms with Crippen LogP contribution in [0.2, 0.25) is 0 Å². The molecule has 3 N–H and O–H groups in total. The summed E-state index contributed by atoms with van der Waals surface area (Å²) in [5.41, 5.74) is 0. The molecule has 0 bridgehead atoms. The molecule has 0 aromatic carbocycles. The summed E-state index contributed by atoms with van der Waals surface area (Å²) >= 11 is 0. The van der Waals surface area contributed by atoms with Crippen LogP contribution in [0.15, 0.2) is 0 Å². The molecule has 1 saturated heterocycles. The van der Waals surface area contributed by atoms with Crippen LogP contribution in [0.1, 0.15) is 26.7 Å². The van der Waals surface area contributed by atoms with E-state index < -0.39 is 6.10 Å². The van der Waals surface area contributed by atoms with Crippen molar-refractivity contribution in [3.63, 3.8) is 0 Å². The lowest BCUT2D eigenvalue weighted by atomic mass is 9.96. The molecule has 1 heterocycles. The smallest absolute Gasteiger partial charge is 0.225 e. The molecule has 0 spiro atoms. The second-order valence-corrected chi connectivity index (χ2v) is 4.24. The molecule has 1 fully saturated rings. The molecule has 4 nitrogen and oxygen atoms in total. The van der Waals surface area contributed by atoms with Gasteiger partial charge >= 0.3 is 0 Å². The first-order valence-electron chi connectivity index (χ1n) is 5.85. The van der Waals surface area contributed by atoms with Crippen molar-refractivity contribution >= 4 is 18.3 Å². The van der Waals surface area contributed by atoms with Crippen LogP contribution in [-0.4, -0.2) is 36.8 Å². The van der Waals surface area contributed by atoms with Gasteiger partial charge in [0.15, 0.2) is 0 Å². The molecule has 1 aliphatic heterocycles. The van der Waals surface area contributed by atoms with Crippen molar-refractivity contribution in [1.82, 2.24) is 10.6 Å². The predicted octanol–water partition coefficient (Wildman–Crippen LogP) is 0.541. The van der Waals surface area contributed by atoms with E-state index >= 15 is 0 Å². The normalized spacial score (nSPS) is 17.5. The van der Waals surface area contributed by atoms with Gasteiger partial charge in [-0.2, -0.15) is 0 Å². The molecule has 1 aliphatic rings. The summed E-state index contributed by atoms with van der Waals surface area (Å²) in [5.74, 6) is 0.475. The van der Waals surface area contributed by atoms with E-state index in [4.69, 9.17) is 0 Å². The Morgan fingerprint density at radius 3 is 2.38 bits per heavy atom. The second kappa shape index (κ2) is 7.87. The number of aliphatic hydroxyl groups is 1. The number of aliphatic hydroxyl groups excluding tert-OH is 1. The summed E-state index contributed by atoms with van der Waals surface area (Å²) in [7, 11) is 0. The van der Waals surface area contributed by atoms with Crippen LogP contribution in [0.4, 0.5) is 0 Å². The number of hydrogen-bond donors (Lipinski definition) is 3.